The zero-order valence-corrected chi connectivity index (χ0v) is 14.4. The SMILES string of the molecule is COc1ccc(C2Nc3c(Cl)cccc3C3C=CCC32)cc1[N+](=O)[O-]. The Bertz CT molecular complexity index is 881. The number of nitrogens with zero attached hydrogens (tertiary/aromatic N) is 1. The molecular weight excluding hydrogens is 340 g/mol. The number of para-hydroxylation sites is 1. The number of benzene rings is 2. The van der Waals surface area contributed by atoms with E-state index in [2.05, 4.69) is 23.5 Å². The number of ether oxygens (including phenoxy) is 1. The van der Waals surface area contributed by atoms with Gasteiger partial charge in [-0.25, -0.2) is 0 Å². The average molecular weight is 357 g/mol. The van der Waals surface area contributed by atoms with Crippen molar-refractivity contribution in [2.24, 2.45) is 5.92 Å². The highest BCUT2D eigenvalue weighted by Crippen LogP contribution is 2.51. The lowest BCUT2D eigenvalue weighted by Gasteiger charge is -2.37. The Morgan fingerprint density at radius 2 is 2.16 bits per heavy atom. The normalized spacial score (nSPS) is 23.5. The predicted molar refractivity (Wildman–Crippen MR) is 97.5 cm³/mol. The van der Waals surface area contributed by atoms with Crippen molar-refractivity contribution >= 4 is 23.0 Å². The molecule has 0 aromatic heterocycles. The maximum absolute atomic E-state index is 11.4. The van der Waals surface area contributed by atoms with Crippen molar-refractivity contribution in [2.45, 2.75) is 18.4 Å². The number of anilines is 1. The van der Waals surface area contributed by atoms with Gasteiger partial charge in [-0.3, -0.25) is 10.1 Å². The Balaban J connectivity index is 1.80. The maximum atomic E-state index is 11.4. The van der Waals surface area contributed by atoms with Crippen molar-refractivity contribution in [3.8, 4) is 5.75 Å². The number of rotatable bonds is 3. The molecule has 1 heterocycles. The first-order valence-electron chi connectivity index (χ1n) is 8.14. The molecule has 25 heavy (non-hydrogen) atoms. The first-order valence-corrected chi connectivity index (χ1v) is 8.52. The molecule has 2 aliphatic rings. The van der Waals surface area contributed by atoms with Gasteiger partial charge in [0.25, 0.3) is 0 Å². The fourth-order valence-corrected chi connectivity index (χ4v) is 4.19. The van der Waals surface area contributed by atoms with Crippen molar-refractivity contribution in [2.75, 3.05) is 12.4 Å². The molecule has 1 N–H and O–H groups in total. The highest BCUT2D eigenvalue weighted by atomic mass is 35.5. The Morgan fingerprint density at radius 1 is 1.32 bits per heavy atom. The quantitative estimate of drug-likeness (QED) is 0.473. The number of hydrogen-bond donors (Lipinski definition) is 1. The second-order valence-corrected chi connectivity index (χ2v) is 6.78. The third-order valence-corrected chi connectivity index (χ3v) is 5.42. The van der Waals surface area contributed by atoms with Crippen molar-refractivity contribution < 1.29 is 9.66 Å². The van der Waals surface area contributed by atoms with Crippen LogP contribution in [-0.2, 0) is 0 Å². The minimum absolute atomic E-state index is 0.0192. The molecule has 0 saturated carbocycles. The number of nitro groups is 1. The molecule has 0 saturated heterocycles. The lowest BCUT2D eigenvalue weighted by molar-refractivity contribution is -0.385. The van der Waals surface area contributed by atoms with Gasteiger partial charge < -0.3 is 10.1 Å². The third-order valence-electron chi connectivity index (χ3n) is 5.10. The Hall–Kier alpha value is -2.53. The smallest absolute Gasteiger partial charge is 0.311 e. The maximum Gasteiger partial charge on any atom is 0.311 e. The second kappa shape index (κ2) is 6.08. The van der Waals surface area contributed by atoms with Gasteiger partial charge in [-0.1, -0.05) is 42.0 Å². The largest absolute Gasteiger partial charge is 0.490 e. The van der Waals surface area contributed by atoms with Gasteiger partial charge in [0.1, 0.15) is 0 Å². The van der Waals surface area contributed by atoms with Crippen molar-refractivity contribution in [1.29, 1.82) is 0 Å². The van der Waals surface area contributed by atoms with E-state index in [-0.39, 0.29) is 23.4 Å². The van der Waals surface area contributed by atoms with E-state index in [4.69, 9.17) is 16.3 Å². The molecule has 1 aliphatic carbocycles. The number of allylic oxidation sites excluding steroid dienone is 2. The lowest BCUT2D eigenvalue weighted by Crippen LogP contribution is -2.29. The number of nitro benzene ring substituents is 1. The van der Waals surface area contributed by atoms with Gasteiger partial charge in [0.05, 0.1) is 28.8 Å². The average Bonchev–Trinajstić information content (AvgIpc) is 3.11. The molecule has 2 aromatic carbocycles. The first-order chi connectivity index (χ1) is 12.1. The van der Waals surface area contributed by atoms with Gasteiger partial charge in [0, 0.05) is 12.0 Å². The fraction of sp³-hybridized carbons (Fsp3) is 0.263. The monoisotopic (exact) mass is 356 g/mol. The van der Waals surface area contributed by atoms with E-state index >= 15 is 0 Å². The van der Waals surface area contributed by atoms with Gasteiger partial charge in [-0.2, -0.15) is 0 Å². The summed E-state index contributed by atoms with van der Waals surface area (Å²) in [7, 11) is 1.44. The van der Waals surface area contributed by atoms with Crippen LogP contribution in [0.2, 0.25) is 5.02 Å². The molecule has 128 valence electrons. The van der Waals surface area contributed by atoms with E-state index in [1.807, 2.05) is 18.2 Å². The molecule has 2 aromatic rings. The van der Waals surface area contributed by atoms with Gasteiger partial charge in [-0.05, 0) is 35.6 Å². The summed E-state index contributed by atoms with van der Waals surface area (Å²) >= 11 is 6.40. The van der Waals surface area contributed by atoms with E-state index < -0.39 is 4.92 Å². The van der Waals surface area contributed by atoms with Crippen LogP contribution in [0, 0.1) is 16.0 Å². The van der Waals surface area contributed by atoms with Gasteiger partial charge in [-0.15, -0.1) is 0 Å². The van der Waals surface area contributed by atoms with Crippen LogP contribution in [0.4, 0.5) is 11.4 Å². The zero-order valence-electron chi connectivity index (χ0n) is 13.6. The van der Waals surface area contributed by atoms with Crippen LogP contribution in [0.3, 0.4) is 0 Å². The number of hydrogen-bond acceptors (Lipinski definition) is 4. The van der Waals surface area contributed by atoms with Gasteiger partial charge in [0.2, 0.25) is 0 Å². The molecule has 0 radical (unpaired) electrons. The van der Waals surface area contributed by atoms with Crippen LogP contribution in [-0.4, -0.2) is 12.0 Å². The van der Waals surface area contributed by atoms with Crippen molar-refractivity contribution in [3.05, 3.63) is 74.8 Å². The van der Waals surface area contributed by atoms with E-state index in [1.165, 1.54) is 12.7 Å². The lowest BCUT2D eigenvalue weighted by atomic mass is 9.77. The highest BCUT2D eigenvalue weighted by molar-refractivity contribution is 6.33. The molecular formula is C19H17ClN2O3. The van der Waals surface area contributed by atoms with Crippen LogP contribution in [0.25, 0.3) is 0 Å². The molecule has 6 heteroatoms. The fourth-order valence-electron chi connectivity index (χ4n) is 3.96. The van der Waals surface area contributed by atoms with E-state index in [1.54, 1.807) is 12.1 Å². The Kier molecular flexibility index (Phi) is 3.88. The van der Waals surface area contributed by atoms with E-state index in [0.29, 0.717) is 10.9 Å². The second-order valence-electron chi connectivity index (χ2n) is 6.37. The minimum Gasteiger partial charge on any atom is -0.490 e. The molecule has 5 nitrogen and oxygen atoms in total. The zero-order chi connectivity index (χ0) is 17.6. The number of fused-ring (bicyclic) bond motifs is 3. The van der Waals surface area contributed by atoms with Gasteiger partial charge >= 0.3 is 5.69 Å². The number of nitrogens with one attached hydrogen (secondary N) is 1. The van der Waals surface area contributed by atoms with E-state index in [0.717, 1.165) is 17.7 Å². The van der Waals surface area contributed by atoms with Gasteiger partial charge in [0.15, 0.2) is 5.75 Å². The number of methoxy groups -OCH3 is 1. The van der Waals surface area contributed by atoms with Crippen LogP contribution in [0.1, 0.15) is 29.5 Å². The summed E-state index contributed by atoms with van der Waals surface area (Å²) in [6.45, 7) is 0. The molecule has 0 fully saturated rings. The summed E-state index contributed by atoms with van der Waals surface area (Å²) in [6.07, 6.45) is 5.32. The summed E-state index contributed by atoms with van der Waals surface area (Å²) in [5.74, 6) is 0.837. The molecule has 1 aliphatic heterocycles. The van der Waals surface area contributed by atoms with Crippen LogP contribution in [0.15, 0.2) is 48.6 Å². The molecule has 0 bridgehead atoms. The Labute approximate surface area is 150 Å². The number of halogens is 1. The summed E-state index contributed by atoms with van der Waals surface area (Å²) in [5, 5.41) is 15.6. The predicted octanol–water partition coefficient (Wildman–Crippen LogP) is 5.08. The van der Waals surface area contributed by atoms with Crippen molar-refractivity contribution in [3.63, 3.8) is 0 Å². The summed E-state index contributed by atoms with van der Waals surface area (Å²) in [4.78, 5) is 11.0. The first kappa shape index (κ1) is 16.0. The van der Waals surface area contributed by atoms with Crippen LogP contribution >= 0.6 is 11.6 Å². The topological polar surface area (TPSA) is 64.4 Å². The third kappa shape index (κ3) is 2.55. The molecule has 0 amide bonds. The van der Waals surface area contributed by atoms with Crippen molar-refractivity contribution in [1.82, 2.24) is 0 Å². The Morgan fingerprint density at radius 3 is 2.92 bits per heavy atom. The summed E-state index contributed by atoms with van der Waals surface area (Å²) < 4.78 is 5.12. The molecule has 4 rings (SSSR count). The van der Waals surface area contributed by atoms with Crippen LogP contribution in [0.5, 0.6) is 5.75 Å². The standard InChI is InChI=1S/C19H17ClN2O3/c1-25-17-9-8-11(10-16(17)22(23)24)18-13-5-2-4-12(13)14-6-3-7-15(20)19(14)21-18/h2-4,6-10,12-13,18,21H,5H2,1H3. The summed E-state index contributed by atoms with van der Waals surface area (Å²) in [5.41, 5.74) is 2.96. The molecule has 0 spiro atoms. The van der Waals surface area contributed by atoms with Crippen LogP contribution < -0.4 is 10.1 Å². The molecule has 3 atom stereocenters. The van der Waals surface area contributed by atoms with E-state index in [9.17, 15) is 10.1 Å². The minimum atomic E-state index is -0.406. The summed E-state index contributed by atoms with van der Waals surface area (Å²) in [6, 6.07) is 11.0. The molecule has 3 unspecified atom stereocenters. The highest BCUT2D eigenvalue weighted by Gasteiger charge is 2.39.